The van der Waals surface area contributed by atoms with Gasteiger partial charge >= 0.3 is 0 Å². The zero-order valence-electron chi connectivity index (χ0n) is 22.6. The molecule has 204 valence electrons. The molecule has 0 bridgehead atoms. The highest BCUT2D eigenvalue weighted by molar-refractivity contribution is 5.96. The number of amides is 2. The zero-order valence-corrected chi connectivity index (χ0v) is 24.2. The minimum Gasteiger partial charge on any atom is -0.338 e. The number of aryl methyl sites for hydroxylation is 2. The fourth-order valence-electron chi connectivity index (χ4n) is 5.80. The van der Waals surface area contributed by atoms with E-state index in [1.807, 2.05) is 49.9 Å². The largest absolute Gasteiger partial charge is 0.338 e. The maximum atomic E-state index is 13.2. The van der Waals surface area contributed by atoms with Crippen LogP contribution in [-0.2, 0) is 11.3 Å². The standard InChI is InChI=1S/C29H40N4O2.2ClH/c1-5-26(34)33(21-24-9-7-6-8-10-24)25-12-17-32(18-13-25)29(4)14-19-31(20-15-29)28(35)27-22(2)11-16-30-23(27)3;;/h6-11,16,25H,5,12-15,17-21H2,1-4H3;2*1H. The van der Waals surface area contributed by atoms with Gasteiger partial charge in [0.2, 0.25) is 5.91 Å². The number of rotatable bonds is 6. The summed E-state index contributed by atoms with van der Waals surface area (Å²) in [7, 11) is 0. The lowest BCUT2D eigenvalue weighted by Gasteiger charge is -2.50. The van der Waals surface area contributed by atoms with Crippen LogP contribution in [-0.4, -0.2) is 69.3 Å². The van der Waals surface area contributed by atoms with Gasteiger partial charge in [0, 0.05) is 56.9 Å². The first-order valence-corrected chi connectivity index (χ1v) is 13.1. The Bertz CT molecular complexity index is 1010. The number of pyridine rings is 1. The van der Waals surface area contributed by atoms with Gasteiger partial charge in [-0.25, -0.2) is 0 Å². The van der Waals surface area contributed by atoms with Gasteiger partial charge in [0.25, 0.3) is 5.91 Å². The molecule has 1 aromatic heterocycles. The summed E-state index contributed by atoms with van der Waals surface area (Å²) in [5, 5.41) is 0. The van der Waals surface area contributed by atoms with Crippen molar-refractivity contribution in [1.82, 2.24) is 19.7 Å². The number of hydrogen-bond donors (Lipinski definition) is 0. The van der Waals surface area contributed by atoms with Crippen LogP contribution in [0.15, 0.2) is 42.6 Å². The molecule has 2 aromatic rings. The molecule has 4 rings (SSSR count). The molecule has 6 nitrogen and oxygen atoms in total. The Labute approximate surface area is 234 Å². The Kier molecular flexibility index (Phi) is 11.4. The molecule has 0 aliphatic carbocycles. The summed E-state index contributed by atoms with van der Waals surface area (Å²) >= 11 is 0. The van der Waals surface area contributed by atoms with E-state index >= 15 is 0 Å². The third kappa shape index (κ3) is 7.04. The maximum Gasteiger partial charge on any atom is 0.255 e. The Balaban J connectivity index is 0.00000241. The lowest BCUT2D eigenvalue weighted by Crippen LogP contribution is -2.58. The molecule has 3 heterocycles. The Morgan fingerprint density at radius 1 is 1.00 bits per heavy atom. The molecule has 0 unspecified atom stereocenters. The Morgan fingerprint density at radius 3 is 2.19 bits per heavy atom. The van der Waals surface area contributed by atoms with Gasteiger partial charge in [0.15, 0.2) is 0 Å². The van der Waals surface area contributed by atoms with Gasteiger partial charge in [-0.15, -0.1) is 24.8 Å². The molecule has 37 heavy (non-hydrogen) atoms. The van der Waals surface area contributed by atoms with Crippen LogP contribution in [0.25, 0.3) is 0 Å². The molecule has 2 fully saturated rings. The monoisotopic (exact) mass is 548 g/mol. The zero-order chi connectivity index (χ0) is 25.0. The third-order valence-electron chi connectivity index (χ3n) is 8.18. The van der Waals surface area contributed by atoms with Crippen LogP contribution in [0, 0.1) is 13.8 Å². The van der Waals surface area contributed by atoms with E-state index in [1.165, 1.54) is 5.56 Å². The number of nitrogens with zero attached hydrogens (tertiary/aromatic N) is 4. The second-order valence-corrected chi connectivity index (χ2v) is 10.5. The highest BCUT2D eigenvalue weighted by Gasteiger charge is 2.40. The molecular formula is C29H42Cl2N4O2. The van der Waals surface area contributed by atoms with Crippen LogP contribution in [0.1, 0.15) is 73.1 Å². The number of likely N-dealkylation sites (tertiary alicyclic amines) is 2. The van der Waals surface area contributed by atoms with Gasteiger partial charge in [-0.3, -0.25) is 19.5 Å². The quantitative estimate of drug-likeness (QED) is 0.482. The summed E-state index contributed by atoms with van der Waals surface area (Å²) in [5.74, 6) is 0.356. The van der Waals surface area contributed by atoms with E-state index in [4.69, 9.17) is 0 Å². The maximum absolute atomic E-state index is 13.2. The molecule has 0 atom stereocenters. The average Bonchev–Trinajstić information content (AvgIpc) is 2.88. The SMILES string of the molecule is CCC(=O)N(Cc1ccccc1)C1CCN(C2(C)CCN(C(=O)c3c(C)ccnc3C)CC2)CC1.Cl.Cl. The van der Waals surface area contributed by atoms with E-state index in [2.05, 4.69) is 33.8 Å². The summed E-state index contributed by atoms with van der Waals surface area (Å²) in [6.07, 6.45) is 6.28. The van der Waals surface area contributed by atoms with Crippen molar-refractivity contribution >= 4 is 36.6 Å². The molecule has 1 aromatic carbocycles. The molecule has 8 heteroatoms. The van der Waals surface area contributed by atoms with Gasteiger partial charge in [-0.1, -0.05) is 37.3 Å². The average molecular weight is 550 g/mol. The minimum absolute atomic E-state index is 0. The van der Waals surface area contributed by atoms with Crippen LogP contribution >= 0.6 is 24.8 Å². The molecule has 2 aliphatic heterocycles. The van der Waals surface area contributed by atoms with Gasteiger partial charge < -0.3 is 9.80 Å². The van der Waals surface area contributed by atoms with Crippen molar-refractivity contribution in [2.45, 2.75) is 77.9 Å². The number of carbonyl (C=O) groups excluding carboxylic acids is 2. The second-order valence-electron chi connectivity index (χ2n) is 10.5. The van der Waals surface area contributed by atoms with Crippen molar-refractivity contribution in [1.29, 1.82) is 0 Å². The number of hydrogen-bond acceptors (Lipinski definition) is 4. The number of carbonyl (C=O) groups is 2. The molecule has 0 radical (unpaired) electrons. The summed E-state index contributed by atoms with van der Waals surface area (Å²) in [4.78, 5) is 37.1. The van der Waals surface area contributed by atoms with Crippen LogP contribution in [0.4, 0.5) is 0 Å². The summed E-state index contributed by atoms with van der Waals surface area (Å²) in [6, 6.07) is 12.5. The molecular weight excluding hydrogens is 507 g/mol. The van der Waals surface area contributed by atoms with Crippen molar-refractivity contribution < 1.29 is 9.59 Å². The highest BCUT2D eigenvalue weighted by Crippen LogP contribution is 2.33. The van der Waals surface area contributed by atoms with Gasteiger partial charge in [0.1, 0.15) is 0 Å². The van der Waals surface area contributed by atoms with E-state index in [-0.39, 0.29) is 42.2 Å². The third-order valence-corrected chi connectivity index (χ3v) is 8.18. The predicted molar refractivity (Wildman–Crippen MR) is 154 cm³/mol. The van der Waals surface area contributed by atoms with Crippen LogP contribution in [0.3, 0.4) is 0 Å². The second kappa shape index (κ2) is 13.6. The lowest BCUT2D eigenvalue weighted by atomic mass is 9.85. The molecule has 0 saturated carbocycles. The topological polar surface area (TPSA) is 56.8 Å². The number of benzene rings is 1. The number of piperidine rings is 2. The van der Waals surface area contributed by atoms with Crippen molar-refractivity contribution in [3.8, 4) is 0 Å². The highest BCUT2D eigenvalue weighted by atomic mass is 35.5. The van der Waals surface area contributed by atoms with E-state index < -0.39 is 0 Å². The Morgan fingerprint density at radius 2 is 1.62 bits per heavy atom. The van der Waals surface area contributed by atoms with Crippen molar-refractivity contribution in [2.24, 2.45) is 0 Å². The first-order chi connectivity index (χ1) is 16.8. The summed E-state index contributed by atoms with van der Waals surface area (Å²) in [6.45, 7) is 12.5. The molecule has 2 aliphatic rings. The van der Waals surface area contributed by atoms with Gasteiger partial charge in [0.05, 0.1) is 11.3 Å². The van der Waals surface area contributed by atoms with Crippen LogP contribution in [0.5, 0.6) is 0 Å². The molecule has 2 saturated heterocycles. The molecule has 2 amide bonds. The molecule has 0 spiro atoms. The predicted octanol–water partition coefficient (Wildman–Crippen LogP) is 5.44. The van der Waals surface area contributed by atoms with Crippen molar-refractivity contribution in [3.63, 3.8) is 0 Å². The fraction of sp³-hybridized carbons (Fsp3) is 0.552. The molecule has 0 N–H and O–H groups in total. The van der Waals surface area contributed by atoms with Crippen molar-refractivity contribution in [2.75, 3.05) is 26.2 Å². The fourth-order valence-corrected chi connectivity index (χ4v) is 5.80. The summed E-state index contributed by atoms with van der Waals surface area (Å²) in [5.41, 5.74) is 3.86. The Hall–Kier alpha value is -2.15. The smallest absolute Gasteiger partial charge is 0.255 e. The summed E-state index contributed by atoms with van der Waals surface area (Å²) < 4.78 is 0. The first-order valence-electron chi connectivity index (χ1n) is 13.1. The van der Waals surface area contributed by atoms with Crippen molar-refractivity contribution in [3.05, 3.63) is 65.0 Å². The van der Waals surface area contributed by atoms with E-state index in [0.29, 0.717) is 19.0 Å². The number of aromatic nitrogens is 1. The van der Waals surface area contributed by atoms with E-state index in [0.717, 1.165) is 68.7 Å². The lowest BCUT2D eigenvalue weighted by molar-refractivity contribution is -0.135. The van der Waals surface area contributed by atoms with Gasteiger partial charge in [-0.2, -0.15) is 0 Å². The number of halogens is 2. The van der Waals surface area contributed by atoms with Gasteiger partial charge in [-0.05, 0) is 63.6 Å². The van der Waals surface area contributed by atoms with Crippen LogP contribution in [0.2, 0.25) is 0 Å². The normalized spacial score (nSPS) is 17.9. The van der Waals surface area contributed by atoms with E-state index in [9.17, 15) is 9.59 Å². The minimum atomic E-state index is 0. The van der Waals surface area contributed by atoms with E-state index in [1.54, 1.807) is 6.20 Å². The van der Waals surface area contributed by atoms with Crippen LogP contribution < -0.4 is 0 Å². The first kappa shape index (κ1) is 31.1.